The SMILES string of the molecule is [2H]C([2H])([2H])n1[cH+]n(-c2[c-]c(Oc3[c-]c4c(cc3)c3ccccc3n4-c3cc(C(C)(C)C)ccn3)ccc2C(C)(C)C)c2ccccc21.[Pt]. The van der Waals surface area contributed by atoms with E-state index in [9.17, 15) is 0 Å². The second-order valence-electron chi connectivity index (χ2n) is 13.4. The van der Waals surface area contributed by atoms with Crippen LogP contribution >= 0.6 is 0 Å². The molecule has 3 aromatic heterocycles. The van der Waals surface area contributed by atoms with E-state index < -0.39 is 6.98 Å². The van der Waals surface area contributed by atoms with E-state index in [2.05, 4.69) is 88.6 Å². The van der Waals surface area contributed by atoms with Crippen LogP contribution in [0.15, 0.2) is 97.5 Å². The molecule has 0 aliphatic heterocycles. The van der Waals surface area contributed by atoms with Gasteiger partial charge in [0.05, 0.1) is 0 Å². The van der Waals surface area contributed by atoms with Gasteiger partial charge in [0, 0.05) is 73.2 Å². The van der Waals surface area contributed by atoms with Gasteiger partial charge in [-0.1, -0.05) is 76.9 Å². The fourth-order valence-corrected chi connectivity index (χ4v) is 5.91. The molecule has 45 heavy (non-hydrogen) atoms. The smallest absolute Gasteiger partial charge is 0.188 e. The molecule has 6 heteroatoms. The monoisotopic (exact) mass is 775 g/mol. The number of hydrogen-bond donors (Lipinski definition) is 0. The van der Waals surface area contributed by atoms with Crippen molar-refractivity contribution in [3.8, 4) is 23.0 Å². The van der Waals surface area contributed by atoms with E-state index in [-0.39, 0.29) is 31.9 Å². The maximum atomic E-state index is 8.16. The van der Waals surface area contributed by atoms with Gasteiger partial charge in [0.25, 0.3) is 0 Å². The Balaban J connectivity index is 0.00000401. The normalized spacial score (nSPS) is 13.4. The zero-order chi connectivity index (χ0) is 33.3. The predicted octanol–water partition coefficient (Wildman–Crippen LogP) is 9.73. The van der Waals surface area contributed by atoms with Gasteiger partial charge in [-0.2, -0.15) is 16.7 Å². The number of pyridine rings is 1. The molecule has 7 aromatic rings. The molecule has 0 aliphatic rings. The molecule has 0 atom stereocenters. The minimum atomic E-state index is -2.34. The molecule has 0 aliphatic carbocycles. The van der Waals surface area contributed by atoms with Crippen molar-refractivity contribution in [1.29, 1.82) is 0 Å². The summed E-state index contributed by atoms with van der Waals surface area (Å²) in [4.78, 5) is 4.78. The zero-order valence-corrected chi connectivity index (χ0v) is 28.5. The summed E-state index contributed by atoms with van der Waals surface area (Å²) in [5, 5.41) is 2.16. The topological polar surface area (TPSA) is 36.9 Å². The summed E-state index contributed by atoms with van der Waals surface area (Å²) in [6.07, 6.45) is 3.50. The molecule has 230 valence electrons. The van der Waals surface area contributed by atoms with Gasteiger partial charge in [0.1, 0.15) is 5.82 Å². The molecule has 0 saturated heterocycles. The van der Waals surface area contributed by atoms with Crippen LogP contribution in [0.25, 0.3) is 44.3 Å². The van der Waals surface area contributed by atoms with Crippen molar-refractivity contribution in [3.05, 3.63) is 121 Å². The number of fused-ring (bicyclic) bond motifs is 4. The van der Waals surface area contributed by atoms with Crippen LogP contribution in [0.3, 0.4) is 0 Å². The van der Waals surface area contributed by atoms with Crippen LogP contribution in [0, 0.1) is 12.1 Å². The Morgan fingerprint density at radius 1 is 0.756 bits per heavy atom. The summed E-state index contributed by atoms with van der Waals surface area (Å²) >= 11 is 0. The Labute approximate surface area is 283 Å². The fourth-order valence-electron chi connectivity index (χ4n) is 5.91. The minimum absolute atomic E-state index is 0. The number of ether oxygens (including phenoxy) is 1. The third-order valence-corrected chi connectivity index (χ3v) is 8.20. The molecule has 3 heterocycles. The van der Waals surface area contributed by atoms with Gasteiger partial charge in [-0.05, 0) is 52.1 Å². The summed E-state index contributed by atoms with van der Waals surface area (Å²) in [5.41, 5.74) is 5.94. The molecule has 0 N–H and O–H groups in total. The van der Waals surface area contributed by atoms with E-state index in [4.69, 9.17) is 13.8 Å². The van der Waals surface area contributed by atoms with Gasteiger partial charge >= 0.3 is 0 Å². The molecular weight excluding hydrogens is 736 g/mol. The number of para-hydroxylation sites is 3. The molecule has 0 amide bonds. The number of imidazole rings is 1. The van der Waals surface area contributed by atoms with Crippen molar-refractivity contribution < 1.29 is 29.9 Å². The van der Waals surface area contributed by atoms with Gasteiger partial charge in [-0.3, -0.25) is 0 Å². The van der Waals surface area contributed by atoms with Crippen LogP contribution < -0.4 is 4.74 Å². The van der Waals surface area contributed by atoms with Gasteiger partial charge in [-0.25, -0.2) is 9.55 Å². The third kappa shape index (κ3) is 5.48. The molecule has 0 bridgehead atoms. The van der Waals surface area contributed by atoms with Crippen molar-refractivity contribution >= 4 is 32.8 Å². The molecule has 0 spiro atoms. The van der Waals surface area contributed by atoms with E-state index >= 15 is 0 Å². The average Bonchev–Trinajstić information content (AvgIpc) is 3.57. The van der Waals surface area contributed by atoms with Crippen molar-refractivity contribution in [2.75, 3.05) is 0 Å². The number of aromatic nitrogens is 4. The Kier molecular flexibility index (Phi) is 6.81. The molecule has 0 radical (unpaired) electrons. The molecule has 7 rings (SSSR count). The minimum Gasteiger partial charge on any atom is -0.508 e. The van der Waals surface area contributed by atoms with Crippen LogP contribution in [-0.4, -0.2) is 18.7 Å². The molecule has 0 unspecified atom stereocenters. The van der Waals surface area contributed by atoms with Crippen molar-refractivity contribution in [2.24, 2.45) is 6.98 Å². The van der Waals surface area contributed by atoms with Gasteiger partial charge < -0.3 is 9.30 Å². The number of rotatable bonds is 4. The summed E-state index contributed by atoms with van der Waals surface area (Å²) in [6, 6.07) is 35.0. The molecule has 5 nitrogen and oxygen atoms in total. The Bertz CT molecular complexity index is 2310. The summed E-state index contributed by atoms with van der Waals surface area (Å²) < 4.78 is 36.4. The predicted molar refractivity (Wildman–Crippen MR) is 180 cm³/mol. The van der Waals surface area contributed by atoms with E-state index in [1.54, 1.807) is 6.33 Å². The van der Waals surface area contributed by atoms with Crippen molar-refractivity contribution in [2.45, 2.75) is 52.4 Å². The Morgan fingerprint density at radius 2 is 1.44 bits per heavy atom. The first kappa shape index (κ1) is 27.1. The zero-order valence-electron chi connectivity index (χ0n) is 29.3. The Morgan fingerprint density at radius 3 is 2.18 bits per heavy atom. The first-order valence-electron chi connectivity index (χ1n) is 16.4. The van der Waals surface area contributed by atoms with Crippen molar-refractivity contribution in [1.82, 2.24) is 18.7 Å². The largest absolute Gasteiger partial charge is 0.508 e. The van der Waals surface area contributed by atoms with Crippen LogP contribution in [0.2, 0.25) is 0 Å². The van der Waals surface area contributed by atoms with E-state index in [1.807, 2.05) is 65.4 Å². The molecular formula is C39H37N4OPt-. The number of benzene rings is 4. The quantitative estimate of drug-likeness (QED) is 0.167. The molecule has 0 saturated carbocycles. The third-order valence-electron chi connectivity index (χ3n) is 8.20. The summed E-state index contributed by atoms with van der Waals surface area (Å²) in [6.45, 7) is 10.7. The van der Waals surface area contributed by atoms with E-state index in [0.29, 0.717) is 17.0 Å². The van der Waals surface area contributed by atoms with Gasteiger partial charge in [-0.15, -0.1) is 23.6 Å². The van der Waals surface area contributed by atoms with Crippen LogP contribution in [-0.2, 0) is 38.9 Å². The van der Waals surface area contributed by atoms with E-state index in [1.165, 1.54) is 10.1 Å². The van der Waals surface area contributed by atoms with E-state index in [0.717, 1.165) is 44.4 Å². The number of aryl methyl sites for hydroxylation is 1. The fraction of sp³-hybridized carbons (Fsp3) is 0.231. The second kappa shape index (κ2) is 11.3. The maximum Gasteiger partial charge on any atom is 0.188 e. The van der Waals surface area contributed by atoms with Gasteiger partial charge in [0.2, 0.25) is 0 Å². The summed E-state index contributed by atoms with van der Waals surface area (Å²) in [7, 11) is 0. The molecule has 4 aromatic carbocycles. The van der Waals surface area contributed by atoms with Gasteiger partial charge in [0.15, 0.2) is 17.4 Å². The van der Waals surface area contributed by atoms with Crippen molar-refractivity contribution in [3.63, 3.8) is 0 Å². The Hall–Kier alpha value is -4.21. The van der Waals surface area contributed by atoms with Crippen LogP contribution in [0.4, 0.5) is 0 Å². The second-order valence-corrected chi connectivity index (χ2v) is 13.4. The maximum absolute atomic E-state index is 8.16. The average molecular weight is 776 g/mol. The number of hydrogen-bond acceptors (Lipinski definition) is 2. The first-order chi connectivity index (χ1) is 22.2. The standard InChI is InChI=1S/C39H37N4O.Pt/c1-38(2,3)26-20-21-40-37(22-26)43-32-13-9-8-12-29(32)30-18-16-27(23-35(30)43)44-28-17-19-31(39(4,5)6)36(24-28)42-25-41(7)33-14-10-11-15-34(33)42;/h8-22,25H,1-7H3;/q-1;/i7D3;. The molecule has 0 fully saturated rings. The number of nitrogens with zero attached hydrogens (tertiary/aromatic N) is 4. The summed E-state index contributed by atoms with van der Waals surface area (Å²) in [5.74, 6) is 1.86. The first-order valence-corrected chi connectivity index (χ1v) is 14.9. The van der Waals surface area contributed by atoms with Crippen LogP contribution in [0.5, 0.6) is 11.5 Å². The van der Waals surface area contributed by atoms with Crippen LogP contribution in [0.1, 0.15) is 56.8 Å².